The lowest BCUT2D eigenvalue weighted by Crippen LogP contribution is -2.73. The Labute approximate surface area is 180 Å². The van der Waals surface area contributed by atoms with Crippen LogP contribution in [0.2, 0.25) is 0 Å². The molecule has 0 spiro atoms. The van der Waals surface area contributed by atoms with Crippen LogP contribution in [0.1, 0.15) is 6.92 Å². The number of likely N-dealkylation sites (N-methyl/N-ethyl adjacent to an activating group) is 1. The van der Waals surface area contributed by atoms with Gasteiger partial charge in [-0.15, -0.1) is 0 Å². The number of sulfonamides is 1. The second-order valence-electron chi connectivity index (χ2n) is 6.22. The number of aliphatic hydroxyl groups excluding tert-OH is 1. The SMILES string of the molecule is CCN(CCOCCO)S(=O)(=O)C(F)(F)C(F)(F)C(F)(F)C(F)(F)C(F)(F)C(F)(F)C(F)(F)F. The molecule has 0 aromatic carbocycles. The van der Waals surface area contributed by atoms with E-state index in [9.17, 15) is 74.3 Å². The number of rotatable bonds is 13. The molecule has 0 heterocycles. The molecule has 0 aromatic rings. The molecule has 0 saturated heterocycles. The van der Waals surface area contributed by atoms with E-state index < -0.39 is 88.3 Å². The van der Waals surface area contributed by atoms with Crippen molar-refractivity contribution < 1.29 is 84.1 Å². The number of halogens is 15. The fourth-order valence-electron chi connectivity index (χ4n) is 2.06. The summed E-state index contributed by atoms with van der Waals surface area (Å²) >= 11 is 0. The van der Waals surface area contributed by atoms with Gasteiger partial charge in [0.2, 0.25) is 0 Å². The maximum Gasteiger partial charge on any atom is 0.460 e. The molecule has 0 amide bonds. The molecule has 1 N–H and O–H groups in total. The Balaban J connectivity index is 6.60. The highest BCUT2D eigenvalue weighted by Crippen LogP contribution is 2.63. The van der Waals surface area contributed by atoms with Crippen LogP contribution in [0.3, 0.4) is 0 Å². The van der Waals surface area contributed by atoms with Crippen molar-refractivity contribution in [2.45, 2.75) is 48.0 Å². The van der Waals surface area contributed by atoms with E-state index in [4.69, 9.17) is 5.11 Å². The fraction of sp³-hybridized carbons (Fsp3) is 1.00. The minimum Gasteiger partial charge on any atom is -0.394 e. The number of aliphatic hydroxyl groups is 1. The van der Waals surface area contributed by atoms with Gasteiger partial charge < -0.3 is 9.84 Å². The molecule has 0 aliphatic heterocycles. The minimum absolute atomic E-state index is 0.586. The van der Waals surface area contributed by atoms with Crippen molar-refractivity contribution in [3.8, 4) is 0 Å². The molecule has 0 bridgehead atoms. The summed E-state index contributed by atoms with van der Waals surface area (Å²) in [6, 6.07) is 0. The molecule has 0 atom stereocenters. The van der Waals surface area contributed by atoms with Crippen LogP contribution in [0.4, 0.5) is 65.9 Å². The summed E-state index contributed by atoms with van der Waals surface area (Å²) < 4.78 is 225. The first-order valence-corrected chi connectivity index (χ1v) is 9.73. The van der Waals surface area contributed by atoms with Gasteiger partial charge in [0.25, 0.3) is 10.0 Å². The van der Waals surface area contributed by atoms with Crippen LogP contribution in [0, 0.1) is 0 Å². The third kappa shape index (κ3) is 4.75. The zero-order valence-corrected chi connectivity index (χ0v) is 17.0. The van der Waals surface area contributed by atoms with Crippen LogP contribution in [-0.2, 0) is 14.8 Å². The van der Waals surface area contributed by atoms with Gasteiger partial charge in [-0.2, -0.15) is 70.2 Å². The van der Waals surface area contributed by atoms with Crippen LogP contribution in [0.15, 0.2) is 0 Å². The van der Waals surface area contributed by atoms with Crippen molar-refractivity contribution in [2.75, 3.05) is 32.9 Å². The number of nitrogens with zero attached hydrogens (tertiary/aromatic N) is 1. The van der Waals surface area contributed by atoms with Gasteiger partial charge in [-0.25, -0.2) is 8.42 Å². The van der Waals surface area contributed by atoms with Crippen molar-refractivity contribution >= 4 is 10.0 Å². The van der Waals surface area contributed by atoms with Crippen molar-refractivity contribution in [1.29, 1.82) is 0 Å². The fourth-order valence-corrected chi connectivity index (χ4v) is 3.49. The molecule has 0 aliphatic rings. The third-order valence-electron chi connectivity index (χ3n) is 4.04. The highest BCUT2D eigenvalue weighted by molar-refractivity contribution is 7.90. The average Bonchev–Trinajstić information content (AvgIpc) is 2.65. The van der Waals surface area contributed by atoms with E-state index in [0.29, 0.717) is 6.92 Å². The van der Waals surface area contributed by atoms with E-state index in [2.05, 4.69) is 4.74 Å². The lowest BCUT2D eigenvalue weighted by Gasteiger charge is -2.41. The summed E-state index contributed by atoms with van der Waals surface area (Å²) in [5.74, 6) is -41.9. The van der Waals surface area contributed by atoms with Gasteiger partial charge >= 0.3 is 41.0 Å². The number of hydrogen-bond donors (Lipinski definition) is 1. The van der Waals surface area contributed by atoms with E-state index >= 15 is 0 Å². The Kier molecular flexibility index (Phi) is 9.33. The molecular weight excluding hydrogens is 551 g/mol. The molecule has 0 rings (SSSR count). The molecule has 0 aromatic heterocycles. The molecule has 21 heteroatoms. The van der Waals surface area contributed by atoms with E-state index in [1.54, 1.807) is 0 Å². The molecule has 0 aliphatic carbocycles. The van der Waals surface area contributed by atoms with E-state index in [1.165, 1.54) is 0 Å². The Hall–Kier alpha value is -1.22. The molecule has 0 fully saturated rings. The summed E-state index contributed by atoms with van der Waals surface area (Å²) in [7, 11) is -7.21. The Morgan fingerprint density at radius 2 is 1.06 bits per heavy atom. The van der Waals surface area contributed by atoms with Crippen molar-refractivity contribution in [3.05, 3.63) is 0 Å². The minimum atomic E-state index is -8.58. The molecule has 0 saturated carbocycles. The summed E-state index contributed by atoms with van der Waals surface area (Å²) in [4.78, 5) is 0. The van der Waals surface area contributed by atoms with Gasteiger partial charge in [0, 0.05) is 13.1 Å². The van der Waals surface area contributed by atoms with Crippen molar-refractivity contribution in [1.82, 2.24) is 4.31 Å². The molecule has 206 valence electrons. The van der Waals surface area contributed by atoms with Crippen molar-refractivity contribution in [2.24, 2.45) is 0 Å². The van der Waals surface area contributed by atoms with Gasteiger partial charge in [0.15, 0.2) is 0 Å². The molecule has 34 heavy (non-hydrogen) atoms. The molecule has 0 radical (unpaired) electrons. The Morgan fingerprint density at radius 1 is 0.676 bits per heavy atom. The summed E-state index contributed by atoms with van der Waals surface area (Å²) in [6.45, 7) is -4.35. The quantitative estimate of drug-likeness (QED) is 0.271. The van der Waals surface area contributed by atoms with Gasteiger partial charge in [-0.1, -0.05) is 6.92 Å². The second kappa shape index (κ2) is 9.68. The molecule has 5 nitrogen and oxygen atoms in total. The summed E-state index contributed by atoms with van der Waals surface area (Å²) in [5, 5.41) is 0.953. The lowest BCUT2D eigenvalue weighted by molar-refractivity contribution is -0.447. The highest BCUT2D eigenvalue weighted by Gasteiger charge is 2.94. The van der Waals surface area contributed by atoms with Crippen molar-refractivity contribution in [3.63, 3.8) is 0 Å². The maximum atomic E-state index is 14.0. The molecular formula is C13H14F15NO4S. The Morgan fingerprint density at radius 3 is 1.41 bits per heavy atom. The van der Waals surface area contributed by atoms with E-state index in [1.807, 2.05) is 0 Å². The van der Waals surface area contributed by atoms with Gasteiger partial charge in [-0.05, 0) is 0 Å². The third-order valence-corrected chi connectivity index (χ3v) is 6.06. The summed E-state index contributed by atoms with van der Waals surface area (Å²) in [6.07, 6.45) is -7.76. The normalized spacial score (nSPS) is 15.8. The van der Waals surface area contributed by atoms with E-state index in [0.717, 1.165) is 0 Å². The zero-order valence-electron chi connectivity index (χ0n) is 16.2. The van der Waals surface area contributed by atoms with Crippen LogP contribution in [-0.4, -0.2) is 91.8 Å². The van der Waals surface area contributed by atoms with Crippen LogP contribution < -0.4 is 0 Å². The van der Waals surface area contributed by atoms with E-state index in [-0.39, 0.29) is 0 Å². The van der Waals surface area contributed by atoms with Crippen LogP contribution in [0.5, 0.6) is 0 Å². The smallest absolute Gasteiger partial charge is 0.394 e. The first kappa shape index (κ1) is 32.8. The monoisotopic (exact) mass is 565 g/mol. The van der Waals surface area contributed by atoms with Gasteiger partial charge in [-0.3, -0.25) is 0 Å². The van der Waals surface area contributed by atoms with Gasteiger partial charge in [0.05, 0.1) is 19.8 Å². The maximum absolute atomic E-state index is 14.0. The van der Waals surface area contributed by atoms with Crippen LogP contribution >= 0.6 is 0 Å². The highest BCUT2D eigenvalue weighted by atomic mass is 32.2. The topological polar surface area (TPSA) is 66.8 Å². The number of alkyl halides is 15. The lowest BCUT2D eigenvalue weighted by atomic mass is 9.94. The predicted molar refractivity (Wildman–Crippen MR) is 79.8 cm³/mol. The average molecular weight is 565 g/mol. The first-order valence-electron chi connectivity index (χ1n) is 8.29. The van der Waals surface area contributed by atoms with Crippen LogP contribution in [0.25, 0.3) is 0 Å². The Bertz CT molecular complexity index is 797. The zero-order chi connectivity index (χ0) is 27.8. The standard InChI is InChI=1S/C13H14F15NO4S/c1-2-29(3-5-33-6-4-30)34(31,32)13(27,28)11(22,23)9(18,19)7(14,15)8(16,17)10(20,21)12(24,25)26/h30H,2-6H2,1H3. The largest absolute Gasteiger partial charge is 0.460 e. The first-order chi connectivity index (χ1) is 14.8. The number of hydrogen-bond acceptors (Lipinski definition) is 4. The predicted octanol–water partition coefficient (Wildman–Crippen LogP) is 3.98. The molecule has 0 unspecified atom stereocenters. The second-order valence-corrected chi connectivity index (χ2v) is 8.20. The number of ether oxygens (including phenoxy) is 1. The van der Waals surface area contributed by atoms with Gasteiger partial charge in [0.1, 0.15) is 0 Å². The summed E-state index contributed by atoms with van der Waals surface area (Å²) in [5.41, 5.74) is 0.